The van der Waals surface area contributed by atoms with Crippen LogP contribution in [0.2, 0.25) is 0 Å². The second-order valence-corrected chi connectivity index (χ2v) is 8.41. The van der Waals surface area contributed by atoms with Crippen molar-refractivity contribution in [1.82, 2.24) is 0 Å². The molecule has 0 atom stereocenters. The predicted molar refractivity (Wildman–Crippen MR) is 131 cm³/mol. The van der Waals surface area contributed by atoms with Crippen molar-refractivity contribution in [3.8, 4) is 5.75 Å². The van der Waals surface area contributed by atoms with Gasteiger partial charge in [0.2, 0.25) is 0 Å². The van der Waals surface area contributed by atoms with Crippen LogP contribution in [-0.2, 0) is 15.2 Å². The molecule has 0 aliphatic rings. The largest absolute Gasteiger partial charge is 0.496 e. The molecule has 1 N–H and O–H groups in total. The van der Waals surface area contributed by atoms with E-state index in [-0.39, 0.29) is 16.8 Å². The van der Waals surface area contributed by atoms with Crippen molar-refractivity contribution in [2.75, 3.05) is 26.6 Å². The van der Waals surface area contributed by atoms with Crippen LogP contribution in [0.15, 0.2) is 65.6 Å². The number of carbonyl (C=O) groups excluding carboxylic acids is 3. The maximum Gasteiger partial charge on any atom is 0.337 e. The molecule has 0 saturated carbocycles. The molecule has 3 aromatic carbocycles. The Kier molecular flexibility index (Phi) is 8.32. The molecule has 3 rings (SSSR count). The number of anilines is 1. The molecule has 1 amide bonds. The zero-order valence-corrected chi connectivity index (χ0v) is 20.2. The lowest BCUT2D eigenvalue weighted by atomic mass is 10.1. The number of esters is 2. The fourth-order valence-corrected chi connectivity index (χ4v) is 4.08. The Morgan fingerprint density at radius 2 is 1.41 bits per heavy atom. The van der Waals surface area contributed by atoms with Gasteiger partial charge < -0.3 is 19.5 Å². The van der Waals surface area contributed by atoms with Crippen molar-refractivity contribution in [1.29, 1.82) is 0 Å². The molecule has 0 radical (unpaired) electrons. The second kappa shape index (κ2) is 11.4. The first-order chi connectivity index (χ1) is 16.3. The number of carbonyl (C=O) groups is 3. The minimum Gasteiger partial charge on any atom is -0.496 e. The molecule has 3 aromatic rings. The highest BCUT2D eigenvalue weighted by Gasteiger charge is 2.16. The first-order valence-corrected chi connectivity index (χ1v) is 11.3. The number of rotatable bonds is 8. The SMILES string of the molecule is COC(=O)c1cc(NC(=O)c2ccc(OC)c(CSc3ccc(C)cc3)c2)cc(C(=O)OC)c1. The fraction of sp³-hybridized carbons (Fsp3) is 0.192. The Morgan fingerprint density at radius 3 is 1.97 bits per heavy atom. The van der Waals surface area contributed by atoms with Crippen LogP contribution in [0.5, 0.6) is 5.75 Å². The number of amides is 1. The number of aryl methyl sites for hydroxylation is 1. The van der Waals surface area contributed by atoms with E-state index in [4.69, 9.17) is 14.2 Å². The summed E-state index contributed by atoms with van der Waals surface area (Å²) < 4.78 is 14.9. The maximum atomic E-state index is 13.0. The second-order valence-electron chi connectivity index (χ2n) is 7.36. The first-order valence-electron chi connectivity index (χ1n) is 10.3. The number of hydrogen-bond donors (Lipinski definition) is 1. The van der Waals surface area contributed by atoms with E-state index in [1.54, 1.807) is 37.1 Å². The molecule has 0 heterocycles. The molecule has 8 heteroatoms. The number of nitrogens with one attached hydrogen (secondary N) is 1. The zero-order chi connectivity index (χ0) is 24.7. The third-order valence-electron chi connectivity index (χ3n) is 4.99. The summed E-state index contributed by atoms with van der Waals surface area (Å²) in [5.41, 5.74) is 2.95. The van der Waals surface area contributed by atoms with E-state index in [1.165, 1.54) is 38.0 Å². The standard InChI is InChI=1S/C26H25NO6S/c1-16-5-8-22(9-6-16)34-15-20-11-17(7-10-23(20)31-2)24(28)27-21-13-18(25(29)32-3)12-19(14-21)26(30)33-4/h5-14H,15H2,1-4H3,(H,27,28). The van der Waals surface area contributed by atoms with Gasteiger partial charge in [0, 0.05) is 27.5 Å². The minimum atomic E-state index is -0.638. The maximum absolute atomic E-state index is 13.0. The van der Waals surface area contributed by atoms with Gasteiger partial charge in [-0.25, -0.2) is 9.59 Å². The first kappa shape index (κ1) is 24.9. The molecular weight excluding hydrogens is 454 g/mol. The van der Waals surface area contributed by atoms with Gasteiger partial charge in [-0.15, -0.1) is 11.8 Å². The summed E-state index contributed by atoms with van der Waals surface area (Å²) in [6, 6.07) is 17.6. The Bertz CT molecular complexity index is 1170. The number of thioether (sulfide) groups is 1. The lowest BCUT2D eigenvalue weighted by Crippen LogP contribution is -2.14. The summed E-state index contributed by atoms with van der Waals surface area (Å²) in [6.45, 7) is 2.04. The van der Waals surface area contributed by atoms with Gasteiger partial charge in [0.05, 0.1) is 32.5 Å². The molecule has 0 aromatic heterocycles. The molecule has 0 spiro atoms. The summed E-state index contributed by atoms with van der Waals surface area (Å²) in [5.74, 6) is -0.390. The molecule has 34 heavy (non-hydrogen) atoms. The Morgan fingerprint density at radius 1 is 0.794 bits per heavy atom. The highest BCUT2D eigenvalue weighted by molar-refractivity contribution is 7.98. The van der Waals surface area contributed by atoms with Gasteiger partial charge in [0.15, 0.2) is 0 Å². The van der Waals surface area contributed by atoms with Crippen molar-refractivity contribution in [3.05, 3.63) is 88.5 Å². The molecule has 0 saturated heterocycles. The Balaban J connectivity index is 1.84. The average Bonchev–Trinajstić information content (AvgIpc) is 2.86. The van der Waals surface area contributed by atoms with Gasteiger partial charge in [0.25, 0.3) is 5.91 Å². The van der Waals surface area contributed by atoms with Gasteiger partial charge in [-0.3, -0.25) is 4.79 Å². The third kappa shape index (κ3) is 6.17. The number of benzene rings is 3. The Labute approximate surface area is 202 Å². The number of methoxy groups -OCH3 is 3. The van der Waals surface area contributed by atoms with E-state index < -0.39 is 17.8 Å². The van der Waals surface area contributed by atoms with Crippen molar-refractivity contribution in [3.63, 3.8) is 0 Å². The molecule has 0 aliphatic carbocycles. The summed E-state index contributed by atoms with van der Waals surface area (Å²) in [5, 5.41) is 2.74. The highest BCUT2D eigenvalue weighted by Crippen LogP contribution is 2.29. The quantitative estimate of drug-likeness (QED) is 0.354. The molecule has 176 valence electrons. The average molecular weight is 480 g/mol. The third-order valence-corrected chi connectivity index (χ3v) is 6.05. The van der Waals surface area contributed by atoms with Crippen LogP contribution in [0.3, 0.4) is 0 Å². The number of hydrogen-bond acceptors (Lipinski definition) is 7. The van der Waals surface area contributed by atoms with E-state index in [9.17, 15) is 14.4 Å². The van der Waals surface area contributed by atoms with Gasteiger partial charge in [0.1, 0.15) is 5.75 Å². The zero-order valence-electron chi connectivity index (χ0n) is 19.3. The summed E-state index contributed by atoms with van der Waals surface area (Å²) in [4.78, 5) is 38.1. The Hall–Kier alpha value is -3.78. The monoisotopic (exact) mass is 479 g/mol. The summed E-state index contributed by atoms with van der Waals surface area (Å²) in [6.07, 6.45) is 0. The van der Waals surface area contributed by atoms with E-state index in [2.05, 4.69) is 29.6 Å². The molecule has 0 aliphatic heterocycles. The van der Waals surface area contributed by atoms with E-state index >= 15 is 0 Å². The van der Waals surface area contributed by atoms with Crippen molar-refractivity contribution in [2.45, 2.75) is 17.6 Å². The van der Waals surface area contributed by atoms with Crippen LogP contribution in [0, 0.1) is 6.92 Å². The van der Waals surface area contributed by atoms with Gasteiger partial charge >= 0.3 is 11.9 Å². The molecule has 0 bridgehead atoms. The van der Waals surface area contributed by atoms with Crippen LogP contribution in [0.1, 0.15) is 42.2 Å². The van der Waals surface area contributed by atoms with Gasteiger partial charge in [-0.2, -0.15) is 0 Å². The van der Waals surface area contributed by atoms with E-state index in [0.29, 0.717) is 17.1 Å². The van der Waals surface area contributed by atoms with E-state index in [0.717, 1.165) is 10.5 Å². The van der Waals surface area contributed by atoms with Crippen LogP contribution >= 0.6 is 11.8 Å². The molecule has 7 nitrogen and oxygen atoms in total. The minimum absolute atomic E-state index is 0.116. The lowest BCUT2D eigenvalue weighted by Gasteiger charge is -2.12. The van der Waals surface area contributed by atoms with Crippen molar-refractivity contribution in [2.24, 2.45) is 0 Å². The molecular formula is C26H25NO6S. The molecule has 0 unspecified atom stereocenters. The van der Waals surface area contributed by atoms with E-state index in [1.807, 2.05) is 6.92 Å². The predicted octanol–water partition coefficient (Wildman–Crippen LogP) is 5.12. The summed E-state index contributed by atoms with van der Waals surface area (Å²) >= 11 is 1.64. The van der Waals surface area contributed by atoms with Gasteiger partial charge in [-0.1, -0.05) is 17.7 Å². The van der Waals surface area contributed by atoms with Crippen LogP contribution < -0.4 is 10.1 Å². The van der Waals surface area contributed by atoms with Crippen LogP contribution in [0.4, 0.5) is 5.69 Å². The summed E-state index contributed by atoms with van der Waals surface area (Å²) in [7, 11) is 4.06. The number of ether oxygens (including phenoxy) is 3. The highest BCUT2D eigenvalue weighted by atomic mass is 32.2. The van der Waals surface area contributed by atoms with Crippen molar-refractivity contribution < 1.29 is 28.6 Å². The fourth-order valence-electron chi connectivity index (χ4n) is 3.20. The van der Waals surface area contributed by atoms with Gasteiger partial charge in [-0.05, 0) is 55.5 Å². The topological polar surface area (TPSA) is 90.9 Å². The normalized spacial score (nSPS) is 10.4. The van der Waals surface area contributed by atoms with Crippen LogP contribution in [0.25, 0.3) is 0 Å². The smallest absolute Gasteiger partial charge is 0.337 e. The van der Waals surface area contributed by atoms with Crippen LogP contribution in [-0.4, -0.2) is 39.2 Å². The van der Waals surface area contributed by atoms with Crippen molar-refractivity contribution >= 4 is 35.3 Å². The lowest BCUT2D eigenvalue weighted by molar-refractivity contribution is 0.0599. The molecule has 0 fully saturated rings.